The van der Waals surface area contributed by atoms with Gasteiger partial charge in [0.05, 0.1) is 10.8 Å². The summed E-state index contributed by atoms with van der Waals surface area (Å²) < 4.78 is 0. The van der Waals surface area contributed by atoms with Gasteiger partial charge >= 0.3 is 0 Å². The first-order valence-corrected chi connectivity index (χ1v) is 20.1. The number of fused-ring (bicyclic) bond motifs is 20. The molecule has 13 rings (SSSR count). The average Bonchev–Trinajstić information content (AvgIpc) is 3.95. The third-order valence-corrected chi connectivity index (χ3v) is 13.8. The van der Waals surface area contributed by atoms with E-state index in [4.69, 9.17) is 0 Å². The van der Waals surface area contributed by atoms with Gasteiger partial charge in [-0.25, -0.2) is 0 Å². The van der Waals surface area contributed by atoms with Crippen molar-refractivity contribution in [3.8, 4) is 44.5 Å². The second-order valence-corrected chi connectivity index (χ2v) is 16.2. The molecule has 2 spiro atoms. The van der Waals surface area contributed by atoms with E-state index in [-0.39, 0.29) is 0 Å². The minimum absolute atomic E-state index is 0.420. The molecule has 8 aromatic rings. The molecule has 0 bridgehead atoms. The molecule has 8 aromatic carbocycles. The van der Waals surface area contributed by atoms with Crippen LogP contribution < -0.4 is 0 Å². The molecule has 0 aromatic heterocycles. The molecule has 0 heterocycles. The van der Waals surface area contributed by atoms with E-state index in [1.165, 1.54) is 89.0 Å². The fourth-order valence-electron chi connectivity index (χ4n) is 11.7. The van der Waals surface area contributed by atoms with E-state index >= 15 is 0 Å². The van der Waals surface area contributed by atoms with Crippen molar-refractivity contribution in [2.75, 3.05) is 0 Å². The smallest absolute Gasteiger partial charge is 0.0725 e. The summed E-state index contributed by atoms with van der Waals surface area (Å²) >= 11 is 0. The molecular weight excluding hydrogens is 687 g/mol. The predicted octanol–water partition coefficient (Wildman–Crippen LogP) is 13.3. The van der Waals surface area contributed by atoms with Crippen LogP contribution in [0.4, 0.5) is 0 Å². The van der Waals surface area contributed by atoms with Crippen LogP contribution in [0.5, 0.6) is 0 Å². The predicted molar refractivity (Wildman–Crippen MR) is 234 cm³/mol. The Morgan fingerprint density at radius 3 is 1.04 bits per heavy atom. The summed E-state index contributed by atoms with van der Waals surface area (Å²) in [5.41, 5.74) is 25.2. The van der Waals surface area contributed by atoms with Gasteiger partial charge in [-0.2, -0.15) is 0 Å². The van der Waals surface area contributed by atoms with Crippen molar-refractivity contribution >= 4 is 16.9 Å². The Balaban J connectivity index is 1.06. The van der Waals surface area contributed by atoms with Crippen molar-refractivity contribution in [3.05, 3.63) is 250 Å². The van der Waals surface area contributed by atoms with E-state index in [0.29, 0.717) is 12.1 Å². The normalized spacial score (nSPS) is 16.2. The molecule has 0 atom stereocenters. The van der Waals surface area contributed by atoms with Gasteiger partial charge in [0.2, 0.25) is 0 Å². The summed E-state index contributed by atoms with van der Waals surface area (Å²) in [4.78, 5) is 0. The maximum absolute atomic E-state index is 9.63. The van der Waals surface area contributed by atoms with E-state index in [2.05, 4.69) is 194 Å². The zero-order valence-electron chi connectivity index (χ0n) is 31.2. The lowest BCUT2D eigenvalue weighted by molar-refractivity contribution is 0.793. The van der Waals surface area contributed by atoms with Gasteiger partial charge in [-0.05, 0) is 118 Å². The second-order valence-electron chi connectivity index (χ2n) is 16.2. The van der Waals surface area contributed by atoms with Crippen molar-refractivity contribution in [2.24, 2.45) is 0 Å². The third kappa shape index (κ3) is 3.68. The first-order valence-electron chi connectivity index (χ1n) is 20.1. The van der Waals surface area contributed by atoms with Gasteiger partial charge in [0, 0.05) is 17.7 Å². The molecule has 1 N–H and O–H groups in total. The fraction of sp³-hybridized carbons (Fsp3) is 0.0536. The van der Waals surface area contributed by atoms with E-state index in [9.17, 15) is 5.41 Å². The van der Waals surface area contributed by atoms with E-state index in [1.807, 2.05) is 0 Å². The molecule has 0 aliphatic heterocycles. The zero-order chi connectivity index (χ0) is 37.5. The number of benzene rings is 8. The van der Waals surface area contributed by atoms with Crippen molar-refractivity contribution in [1.29, 1.82) is 5.41 Å². The van der Waals surface area contributed by atoms with Crippen LogP contribution >= 0.6 is 0 Å². The van der Waals surface area contributed by atoms with Gasteiger partial charge in [0.15, 0.2) is 0 Å². The lowest BCUT2D eigenvalue weighted by atomic mass is 9.69. The Hall–Kier alpha value is -7.09. The highest BCUT2D eigenvalue weighted by molar-refractivity contribution is 6.32. The molecule has 5 aliphatic rings. The average molecular weight is 722 g/mol. The Morgan fingerprint density at radius 2 is 0.649 bits per heavy atom. The van der Waals surface area contributed by atoms with Crippen molar-refractivity contribution in [2.45, 2.75) is 17.3 Å². The highest BCUT2D eigenvalue weighted by Crippen LogP contribution is 2.64. The van der Waals surface area contributed by atoms with E-state index < -0.39 is 10.8 Å². The second kappa shape index (κ2) is 11.0. The summed E-state index contributed by atoms with van der Waals surface area (Å²) in [6, 6.07) is 68.1. The highest BCUT2D eigenvalue weighted by atomic mass is 14.5. The Morgan fingerprint density at radius 1 is 0.333 bits per heavy atom. The maximum atomic E-state index is 9.63. The van der Waals surface area contributed by atoms with Crippen molar-refractivity contribution in [1.82, 2.24) is 0 Å². The molecule has 264 valence electrons. The third-order valence-electron chi connectivity index (χ3n) is 13.8. The standard InChI is InChI=1S/C56H35N/c57-53-27-13-20-36(34-28-30-43-41-18-5-11-25-49(41)55(51(43)32-34)45-21-7-1-14-37(45)38-15-2-8-22-46(38)55)54(53)35-29-31-44-42-19-6-12-26-50(42)56(52(44)33-35)47-23-9-3-16-39(47)40-17-4-10-24-48(40)56/h1-26,28-33,57H,27H2. The number of rotatable bonds is 2. The SMILES string of the molecule is N=C1CC=CC(c2ccc3c(c2)C2(c4ccccc4-c4ccccc42)c2ccccc2-3)=C1c1ccc2c(c1)C1(c3ccccc3-c3ccccc31)c1ccccc1-2. The van der Waals surface area contributed by atoms with Gasteiger partial charge in [-0.3, -0.25) is 0 Å². The molecule has 0 saturated carbocycles. The molecule has 0 radical (unpaired) electrons. The quantitative estimate of drug-likeness (QED) is 0.184. The van der Waals surface area contributed by atoms with Crippen LogP contribution in [-0.4, -0.2) is 5.71 Å². The summed E-state index contributed by atoms with van der Waals surface area (Å²) in [6.07, 6.45) is 5.06. The molecule has 57 heavy (non-hydrogen) atoms. The van der Waals surface area contributed by atoms with Crippen LogP contribution in [0.1, 0.15) is 62.1 Å². The molecular formula is C56H35N. The van der Waals surface area contributed by atoms with E-state index in [0.717, 1.165) is 22.3 Å². The first kappa shape index (κ1) is 31.2. The van der Waals surface area contributed by atoms with Gasteiger partial charge in [0.25, 0.3) is 0 Å². The summed E-state index contributed by atoms with van der Waals surface area (Å²) in [7, 11) is 0. The van der Waals surface area contributed by atoms with Gasteiger partial charge in [-0.1, -0.05) is 182 Å². The summed E-state index contributed by atoms with van der Waals surface area (Å²) in [5, 5.41) is 9.63. The van der Waals surface area contributed by atoms with Gasteiger partial charge in [0.1, 0.15) is 0 Å². The zero-order valence-corrected chi connectivity index (χ0v) is 31.2. The molecule has 0 fully saturated rings. The molecule has 1 heteroatoms. The minimum Gasteiger partial charge on any atom is -0.304 e. The molecule has 5 aliphatic carbocycles. The largest absolute Gasteiger partial charge is 0.304 e. The fourth-order valence-corrected chi connectivity index (χ4v) is 11.7. The van der Waals surface area contributed by atoms with Crippen LogP contribution in [0, 0.1) is 5.41 Å². The van der Waals surface area contributed by atoms with Crippen molar-refractivity contribution in [3.63, 3.8) is 0 Å². The van der Waals surface area contributed by atoms with Crippen LogP contribution in [0.15, 0.2) is 194 Å². The Bertz CT molecular complexity index is 3060. The van der Waals surface area contributed by atoms with Gasteiger partial charge < -0.3 is 5.41 Å². The first-order chi connectivity index (χ1) is 28.2. The Labute approximate surface area is 332 Å². The van der Waals surface area contributed by atoms with Crippen LogP contribution in [-0.2, 0) is 10.8 Å². The molecule has 0 amide bonds. The minimum atomic E-state index is -0.433. The van der Waals surface area contributed by atoms with Crippen LogP contribution in [0.25, 0.3) is 55.7 Å². The highest BCUT2D eigenvalue weighted by Gasteiger charge is 2.53. The number of allylic oxidation sites excluding steroid dienone is 4. The Kier molecular flexibility index (Phi) is 6.03. The van der Waals surface area contributed by atoms with Gasteiger partial charge in [-0.15, -0.1) is 0 Å². The number of hydrogen-bond acceptors (Lipinski definition) is 1. The molecule has 0 unspecified atom stereocenters. The van der Waals surface area contributed by atoms with Crippen LogP contribution in [0.3, 0.4) is 0 Å². The molecule has 0 saturated heterocycles. The lowest BCUT2D eigenvalue weighted by Crippen LogP contribution is -2.26. The maximum Gasteiger partial charge on any atom is 0.0725 e. The van der Waals surface area contributed by atoms with E-state index in [1.54, 1.807) is 0 Å². The molecule has 1 nitrogen and oxygen atoms in total. The number of nitrogens with one attached hydrogen (secondary N) is 1. The summed E-state index contributed by atoms with van der Waals surface area (Å²) in [5.74, 6) is 0. The lowest BCUT2D eigenvalue weighted by Gasteiger charge is -2.31. The number of hydrogen-bond donors (Lipinski definition) is 1. The monoisotopic (exact) mass is 721 g/mol. The van der Waals surface area contributed by atoms with Crippen LogP contribution in [0.2, 0.25) is 0 Å². The van der Waals surface area contributed by atoms with Crippen molar-refractivity contribution < 1.29 is 0 Å². The summed E-state index contributed by atoms with van der Waals surface area (Å²) in [6.45, 7) is 0. The topological polar surface area (TPSA) is 23.9 Å².